The summed E-state index contributed by atoms with van der Waals surface area (Å²) in [5, 5.41) is 3.38. The number of rotatable bonds is 7. The van der Waals surface area contributed by atoms with Gasteiger partial charge in [-0.15, -0.1) is 0 Å². The monoisotopic (exact) mass is 278 g/mol. The first-order valence-corrected chi connectivity index (χ1v) is 7.73. The maximum absolute atomic E-state index is 4.74. The average molecular weight is 278 g/mol. The van der Waals surface area contributed by atoms with Gasteiger partial charge in [-0.1, -0.05) is 41.0 Å². The van der Waals surface area contributed by atoms with Crippen LogP contribution in [0.3, 0.4) is 0 Å². The van der Waals surface area contributed by atoms with Crippen molar-refractivity contribution >= 4 is 11.6 Å². The lowest BCUT2D eigenvalue weighted by Crippen LogP contribution is -2.24. The molecule has 0 bridgehead atoms. The average Bonchev–Trinajstić information content (AvgIpc) is 2.41. The molecule has 0 unspecified atom stereocenters. The molecule has 0 spiro atoms. The van der Waals surface area contributed by atoms with Gasteiger partial charge in [-0.3, -0.25) is 0 Å². The number of nitrogens with one attached hydrogen (secondary N) is 1. The Morgan fingerprint density at radius 2 is 1.85 bits per heavy atom. The summed E-state index contributed by atoms with van der Waals surface area (Å²) < 4.78 is 0. The maximum atomic E-state index is 4.74. The Balaban J connectivity index is 3.02. The van der Waals surface area contributed by atoms with E-state index in [2.05, 4.69) is 62.9 Å². The van der Waals surface area contributed by atoms with E-state index in [0.717, 1.165) is 37.0 Å². The zero-order chi connectivity index (χ0) is 15.2. The van der Waals surface area contributed by atoms with Gasteiger partial charge >= 0.3 is 0 Å². The molecule has 0 radical (unpaired) electrons. The van der Waals surface area contributed by atoms with Crippen LogP contribution >= 0.6 is 0 Å². The SMILES string of the molecule is CCCCN(C)c1cc(NCCC)nc(C(C)(C)C)n1. The first kappa shape index (κ1) is 16.7. The smallest absolute Gasteiger partial charge is 0.138 e. The second-order valence-corrected chi connectivity index (χ2v) is 6.39. The summed E-state index contributed by atoms with van der Waals surface area (Å²) in [4.78, 5) is 11.6. The predicted molar refractivity (Wildman–Crippen MR) is 87.7 cm³/mol. The van der Waals surface area contributed by atoms with E-state index in [-0.39, 0.29) is 5.41 Å². The third kappa shape index (κ3) is 4.99. The Morgan fingerprint density at radius 1 is 1.15 bits per heavy atom. The second-order valence-electron chi connectivity index (χ2n) is 6.39. The van der Waals surface area contributed by atoms with Crippen LogP contribution in [0.2, 0.25) is 0 Å². The quantitative estimate of drug-likeness (QED) is 0.823. The van der Waals surface area contributed by atoms with E-state index in [4.69, 9.17) is 4.98 Å². The topological polar surface area (TPSA) is 41.0 Å². The highest BCUT2D eigenvalue weighted by Gasteiger charge is 2.20. The van der Waals surface area contributed by atoms with Crippen LogP contribution in [0.5, 0.6) is 0 Å². The van der Waals surface area contributed by atoms with Gasteiger partial charge in [-0.05, 0) is 12.8 Å². The van der Waals surface area contributed by atoms with Crippen LogP contribution in [0, 0.1) is 0 Å². The van der Waals surface area contributed by atoms with E-state index in [1.54, 1.807) is 0 Å². The molecule has 1 rings (SSSR count). The van der Waals surface area contributed by atoms with E-state index in [1.807, 2.05) is 0 Å². The van der Waals surface area contributed by atoms with Crippen molar-refractivity contribution in [3.8, 4) is 0 Å². The zero-order valence-corrected chi connectivity index (χ0v) is 14.0. The molecule has 1 aromatic heterocycles. The van der Waals surface area contributed by atoms with Crippen molar-refractivity contribution in [3.05, 3.63) is 11.9 Å². The Kier molecular flexibility index (Phi) is 6.24. The number of anilines is 2. The molecule has 4 nitrogen and oxygen atoms in total. The molecule has 0 aliphatic rings. The number of unbranched alkanes of at least 4 members (excludes halogenated alkanes) is 1. The van der Waals surface area contributed by atoms with Crippen LogP contribution in [0.25, 0.3) is 0 Å². The normalized spacial score (nSPS) is 11.5. The third-order valence-electron chi connectivity index (χ3n) is 3.18. The molecule has 1 heterocycles. The highest BCUT2D eigenvalue weighted by molar-refractivity contribution is 5.49. The lowest BCUT2D eigenvalue weighted by atomic mass is 9.96. The van der Waals surface area contributed by atoms with Crippen LogP contribution < -0.4 is 10.2 Å². The molecule has 4 heteroatoms. The van der Waals surface area contributed by atoms with Crippen molar-refractivity contribution < 1.29 is 0 Å². The molecular weight excluding hydrogens is 248 g/mol. The molecule has 0 aliphatic heterocycles. The Bertz CT molecular complexity index is 409. The minimum absolute atomic E-state index is 0.0374. The Morgan fingerprint density at radius 3 is 2.40 bits per heavy atom. The molecule has 1 aromatic rings. The van der Waals surface area contributed by atoms with Crippen molar-refractivity contribution in [2.24, 2.45) is 0 Å². The van der Waals surface area contributed by atoms with Gasteiger partial charge in [-0.25, -0.2) is 9.97 Å². The first-order valence-electron chi connectivity index (χ1n) is 7.73. The van der Waals surface area contributed by atoms with Gasteiger partial charge in [0.2, 0.25) is 0 Å². The van der Waals surface area contributed by atoms with Gasteiger partial charge in [0.25, 0.3) is 0 Å². The molecule has 1 N–H and O–H groups in total. The van der Waals surface area contributed by atoms with Crippen LogP contribution in [0.4, 0.5) is 11.6 Å². The summed E-state index contributed by atoms with van der Waals surface area (Å²) in [6.07, 6.45) is 3.47. The minimum Gasteiger partial charge on any atom is -0.370 e. The Labute approximate surface area is 124 Å². The lowest BCUT2D eigenvalue weighted by Gasteiger charge is -2.23. The fourth-order valence-electron chi connectivity index (χ4n) is 1.82. The van der Waals surface area contributed by atoms with Crippen molar-refractivity contribution in [3.63, 3.8) is 0 Å². The fourth-order valence-corrected chi connectivity index (χ4v) is 1.82. The highest BCUT2D eigenvalue weighted by atomic mass is 15.2. The summed E-state index contributed by atoms with van der Waals surface area (Å²) in [5.74, 6) is 2.85. The van der Waals surface area contributed by atoms with Crippen LogP contribution in [0.15, 0.2) is 6.07 Å². The molecule has 0 amide bonds. The van der Waals surface area contributed by atoms with Crippen molar-refractivity contribution in [1.82, 2.24) is 9.97 Å². The molecule has 0 aliphatic carbocycles. The summed E-state index contributed by atoms with van der Waals surface area (Å²) in [5.41, 5.74) is -0.0374. The van der Waals surface area contributed by atoms with Gasteiger partial charge in [0.05, 0.1) is 0 Å². The number of hydrogen-bond donors (Lipinski definition) is 1. The Hall–Kier alpha value is -1.32. The predicted octanol–water partition coefficient (Wildman–Crippen LogP) is 3.83. The lowest BCUT2D eigenvalue weighted by molar-refractivity contribution is 0.545. The van der Waals surface area contributed by atoms with Crippen molar-refractivity contribution in [1.29, 1.82) is 0 Å². The molecule has 0 saturated heterocycles. The summed E-state index contributed by atoms with van der Waals surface area (Å²) in [7, 11) is 2.11. The number of nitrogens with zero attached hydrogens (tertiary/aromatic N) is 3. The van der Waals surface area contributed by atoms with Crippen molar-refractivity contribution in [2.75, 3.05) is 30.4 Å². The van der Waals surface area contributed by atoms with Crippen molar-refractivity contribution in [2.45, 2.75) is 59.3 Å². The zero-order valence-electron chi connectivity index (χ0n) is 14.0. The molecular formula is C16H30N4. The molecule has 114 valence electrons. The maximum Gasteiger partial charge on any atom is 0.138 e. The van der Waals surface area contributed by atoms with E-state index >= 15 is 0 Å². The van der Waals surface area contributed by atoms with Gasteiger partial charge in [0.1, 0.15) is 17.5 Å². The van der Waals surface area contributed by atoms with E-state index in [1.165, 1.54) is 12.8 Å². The summed E-state index contributed by atoms with van der Waals surface area (Å²) in [6.45, 7) is 12.8. The van der Waals surface area contributed by atoms with Crippen LogP contribution in [-0.2, 0) is 5.41 Å². The van der Waals surface area contributed by atoms with Crippen LogP contribution in [-0.4, -0.2) is 30.1 Å². The van der Waals surface area contributed by atoms with Gasteiger partial charge in [0.15, 0.2) is 0 Å². The molecule has 0 atom stereocenters. The minimum atomic E-state index is -0.0374. The summed E-state index contributed by atoms with van der Waals surface area (Å²) in [6, 6.07) is 2.06. The largest absolute Gasteiger partial charge is 0.370 e. The number of hydrogen-bond acceptors (Lipinski definition) is 4. The second kappa shape index (κ2) is 7.46. The van der Waals surface area contributed by atoms with E-state index in [0.29, 0.717) is 0 Å². The first-order chi connectivity index (χ1) is 9.38. The van der Waals surface area contributed by atoms with Gasteiger partial charge in [-0.2, -0.15) is 0 Å². The molecule has 20 heavy (non-hydrogen) atoms. The summed E-state index contributed by atoms with van der Waals surface area (Å²) >= 11 is 0. The van der Waals surface area contributed by atoms with Gasteiger partial charge in [0, 0.05) is 31.6 Å². The number of aromatic nitrogens is 2. The molecule has 0 aromatic carbocycles. The standard InChI is InChI=1S/C16H30N4/c1-7-9-11-20(6)14-12-13(17-10-8-2)18-15(19-14)16(3,4)5/h12H,7-11H2,1-6H3,(H,17,18,19). The fraction of sp³-hybridized carbons (Fsp3) is 0.750. The third-order valence-corrected chi connectivity index (χ3v) is 3.18. The van der Waals surface area contributed by atoms with Crippen LogP contribution in [0.1, 0.15) is 59.7 Å². The highest BCUT2D eigenvalue weighted by Crippen LogP contribution is 2.23. The van der Waals surface area contributed by atoms with E-state index < -0.39 is 0 Å². The van der Waals surface area contributed by atoms with Gasteiger partial charge < -0.3 is 10.2 Å². The molecule has 0 fully saturated rings. The van der Waals surface area contributed by atoms with E-state index in [9.17, 15) is 0 Å². The molecule has 0 saturated carbocycles.